The van der Waals surface area contributed by atoms with Crippen LogP contribution in [0.4, 0.5) is 0 Å². The van der Waals surface area contributed by atoms with Gasteiger partial charge in [0.25, 0.3) is 0 Å². The van der Waals surface area contributed by atoms with Crippen LogP contribution in [0.3, 0.4) is 0 Å². The van der Waals surface area contributed by atoms with Gasteiger partial charge in [0.1, 0.15) is 0 Å². The summed E-state index contributed by atoms with van der Waals surface area (Å²) in [7, 11) is -2.80. The van der Waals surface area contributed by atoms with Crippen LogP contribution in [0, 0.1) is 0 Å². The highest BCUT2D eigenvalue weighted by Crippen LogP contribution is 2.24. The Hall–Kier alpha value is -0.0900. The lowest BCUT2D eigenvalue weighted by Gasteiger charge is -2.20. The van der Waals surface area contributed by atoms with Gasteiger partial charge < -0.3 is 5.73 Å². The first kappa shape index (κ1) is 9.00. The van der Waals surface area contributed by atoms with Crippen molar-refractivity contribution in [2.45, 2.75) is 31.7 Å². The van der Waals surface area contributed by atoms with Crippen molar-refractivity contribution < 1.29 is 8.42 Å². The van der Waals surface area contributed by atoms with Gasteiger partial charge in [-0.1, -0.05) is 13.3 Å². The second-order valence-electron chi connectivity index (χ2n) is 3.45. The number of hydrogen-bond acceptors (Lipinski definition) is 3. The van der Waals surface area contributed by atoms with Crippen molar-refractivity contribution in [3.63, 3.8) is 0 Å². The summed E-state index contributed by atoms with van der Waals surface area (Å²) in [4.78, 5) is 0. The molecule has 0 amide bonds. The Morgan fingerprint density at radius 1 is 1.55 bits per heavy atom. The highest BCUT2D eigenvalue weighted by molar-refractivity contribution is 7.91. The molecule has 0 aromatic carbocycles. The fraction of sp³-hybridized carbons (Fsp3) is 1.00. The van der Waals surface area contributed by atoms with Gasteiger partial charge in [-0.05, 0) is 12.8 Å². The van der Waals surface area contributed by atoms with E-state index >= 15 is 0 Å². The molecule has 0 radical (unpaired) electrons. The first-order valence-corrected chi connectivity index (χ1v) is 5.79. The minimum atomic E-state index is -2.80. The molecule has 1 unspecified atom stereocenters. The Bertz CT molecular complexity index is 235. The van der Waals surface area contributed by atoms with Gasteiger partial charge in [-0.15, -0.1) is 0 Å². The third-order valence-corrected chi connectivity index (χ3v) is 4.01. The minimum Gasteiger partial charge on any atom is -0.324 e. The summed E-state index contributed by atoms with van der Waals surface area (Å²) in [6.07, 6.45) is 2.43. The van der Waals surface area contributed by atoms with E-state index < -0.39 is 15.4 Å². The van der Waals surface area contributed by atoms with Gasteiger partial charge in [0.15, 0.2) is 9.84 Å². The molecule has 0 saturated carbocycles. The molecule has 0 aliphatic carbocycles. The van der Waals surface area contributed by atoms with Gasteiger partial charge in [-0.3, -0.25) is 0 Å². The van der Waals surface area contributed by atoms with Crippen molar-refractivity contribution in [3.05, 3.63) is 0 Å². The molecule has 11 heavy (non-hydrogen) atoms. The molecule has 4 heteroatoms. The molecule has 66 valence electrons. The third-order valence-electron chi connectivity index (χ3n) is 2.17. The Kier molecular flexibility index (Phi) is 2.25. The van der Waals surface area contributed by atoms with E-state index in [4.69, 9.17) is 5.73 Å². The van der Waals surface area contributed by atoms with Gasteiger partial charge in [0.05, 0.1) is 11.5 Å². The molecular formula is C7H15NO2S. The maximum Gasteiger partial charge on any atom is 0.152 e. The highest BCUT2D eigenvalue weighted by atomic mass is 32.2. The molecule has 3 nitrogen and oxygen atoms in total. The first-order valence-electron chi connectivity index (χ1n) is 3.97. The van der Waals surface area contributed by atoms with E-state index in [2.05, 4.69) is 0 Å². The molecule has 1 atom stereocenters. The van der Waals surface area contributed by atoms with E-state index in [1.165, 1.54) is 0 Å². The van der Waals surface area contributed by atoms with Crippen LogP contribution < -0.4 is 5.73 Å². The first-order chi connectivity index (χ1) is 4.97. The molecule has 0 aromatic heterocycles. The lowest BCUT2D eigenvalue weighted by molar-refractivity contribution is 0.437. The second kappa shape index (κ2) is 2.75. The molecule has 1 fully saturated rings. The Labute approximate surface area is 67.9 Å². The van der Waals surface area contributed by atoms with Crippen molar-refractivity contribution in [1.82, 2.24) is 0 Å². The van der Waals surface area contributed by atoms with Crippen LogP contribution in [0.25, 0.3) is 0 Å². The molecule has 0 aromatic rings. The summed E-state index contributed by atoms with van der Waals surface area (Å²) in [6.45, 7) is 2.03. The zero-order valence-electron chi connectivity index (χ0n) is 6.84. The summed E-state index contributed by atoms with van der Waals surface area (Å²) in [5, 5.41) is 0. The van der Waals surface area contributed by atoms with Crippen LogP contribution >= 0.6 is 0 Å². The zero-order valence-corrected chi connectivity index (χ0v) is 7.65. The van der Waals surface area contributed by atoms with Gasteiger partial charge >= 0.3 is 0 Å². The monoisotopic (exact) mass is 177 g/mol. The standard InChI is InChI=1S/C7H15NO2S/c1-2-3-7(8)4-5-11(9,10)6-7/h2-6,8H2,1H3. The quantitative estimate of drug-likeness (QED) is 0.660. The van der Waals surface area contributed by atoms with Crippen LogP contribution in [0.15, 0.2) is 0 Å². The summed E-state index contributed by atoms with van der Waals surface area (Å²) < 4.78 is 22.1. The van der Waals surface area contributed by atoms with Crippen LogP contribution in [0.1, 0.15) is 26.2 Å². The van der Waals surface area contributed by atoms with Gasteiger partial charge in [-0.25, -0.2) is 8.42 Å². The molecular weight excluding hydrogens is 162 g/mol. The Balaban J connectivity index is 2.65. The van der Waals surface area contributed by atoms with Crippen LogP contribution in [-0.2, 0) is 9.84 Å². The maximum absolute atomic E-state index is 11.0. The molecule has 1 aliphatic heterocycles. The van der Waals surface area contributed by atoms with E-state index in [-0.39, 0.29) is 11.5 Å². The van der Waals surface area contributed by atoms with Crippen LogP contribution in [0.2, 0.25) is 0 Å². The van der Waals surface area contributed by atoms with Crippen molar-refractivity contribution in [2.75, 3.05) is 11.5 Å². The lowest BCUT2D eigenvalue weighted by Crippen LogP contribution is -2.40. The largest absolute Gasteiger partial charge is 0.324 e. The maximum atomic E-state index is 11.0. The topological polar surface area (TPSA) is 60.2 Å². The summed E-state index contributed by atoms with van der Waals surface area (Å²) >= 11 is 0. The second-order valence-corrected chi connectivity index (χ2v) is 5.64. The van der Waals surface area contributed by atoms with E-state index in [9.17, 15) is 8.42 Å². The number of nitrogens with two attached hydrogens (primary N) is 1. The van der Waals surface area contributed by atoms with Crippen LogP contribution in [-0.4, -0.2) is 25.5 Å². The molecule has 1 heterocycles. The number of rotatable bonds is 2. The SMILES string of the molecule is CCCC1(N)CCS(=O)(=O)C1. The van der Waals surface area contributed by atoms with Crippen molar-refractivity contribution in [3.8, 4) is 0 Å². The van der Waals surface area contributed by atoms with Gasteiger partial charge in [-0.2, -0.15) is 0 Å². The zero-order chi connectivity index (χ0) is 8.54. The summed E-state index contributed by atoms with van der Waals surface area (Å²) in [5.41, 5.74) is 5.46. The molecule has 0 spiro atoms. The normalized spacial score (nSPS) is 35.8. The fourth-order valence-corrected chi connectivity index (χ4v) is 3.66. The molecule has 1 saturated heterocycles. The number of sulfone groups is 1. The predicted molar refractivity (Wildman–Crippen MR) is 45.1 cm³/mol. The minimum absolute atomic E-state index is 0.188. The Morgan fingerprint density at radius 2 is 2.18 bits per heavy atom. The van der Waals surface area contributed by atoms with Crippen LogP contribution in [0.5, 0.6) is 0 Å². The highest BCUT2D eigenvalue weighted by Gasteiger charge is 2.37. The lowest BCUT2D eigenvalue weighted by atomic mass is 9.95. The van der Waals surface area contributed by atoms with Gasteiger partial charge in [0.2, 0.25) is 0 Å². The average molecular weight is 177 g/mol. The molecule has 1 aliphatic rings. The van der Waals surface area contributed by atoms with Crippen molar-refractivity contribution in [2.24, 2.45) is 5.73 Å². The fourth-order valence-electron chi connectivity index (χ4n) is 1.64. The van der Waals surface area contributed by atoms with E-state index in [0.29, 0.717) is 6.42 Å². The molecule has 2 N–H and O–H groups in total. The molecule has 1 rings (SSSR count). The number of hydrogen-bond donors (Lipinski definition) is 1. The predicted octanol–water partition coefficient (Wildman–Crippen LogP) is 0.303. The van der Waals surface area contributed by atoms with Crippen molar-refractivity contribution in [1.29, 1.82) is 0 Å². The summed E-state index contributed by atoms with van der Waals surface area (Å²) in [5.74, 6) is 0.470. The smallest absolute Gasteiger partial charge is 0.152 e. The van der Waals surface area contributed by atoms with Gasteiger partial charge in [0, 0.05) is 5.54 Å². The molecule has 0 bridgehead atoms. The summed E-state index contributed by atoms with van der Waals surface area (Å²) in [6, 6.07) is 0. The van der Waals surface area contributed by atoms with E-state index in [1.807, 2.05) is 6.92 Å². The van der Waals surface area contributed by atoms with Crippen molar-refractivity contribution >= 4 is 9.84 Å². The van der Waals surface area contributed by atoms with E-state index in [0.717, 1.165) is 12.8 Å². The third kappa shape index (κ3) is 2.17. The Morgan fingerprint density at radius 3 is 2.55 bits per heavy atom. The van der Waals surface area contributed by atoms with E-state index in [1.54, 1.807) is 0 Å². The average Bonchev–Trinajstić information content (AvgIpc) is 2.07.